The molecule has 0 heterocycles. The molecule has 1 fully saturated rings. The van der Waals surface area contributed by atoms with Gasteiger partial charge in [-0.05, 0) is 61.9 Å². The Labute approximate surface area is 220 Å². The first kappa shape index (κ1) is 28.6. The van der Waals surface area contributed by atoms with Gasteiger partial charge in [-0.25, -0.2) is 12.8 Å². The van der Waals surface area contributed by atoms with Gasteiger partial charge >= 0.3 is 0 Å². The van der Waals surface area contributed by atoms with E-state index >= 15 is 0 Å². The van der Waals surface area contributed by atoms with Crippen LogP contribution < -0.4 is 9.62 Å². The highest BCUT2D eigenvalue weighted by molar-refractivity contribution is 7.92. The monoisotopic (exact) mass is 531 g/mol. The Hall–Kier alpha value is -2.94. The van der Waals surface area contributed by atoms with Gasteiger partial charge in [-0.3, -0.25) is 13.9 Å². The molecule has 1 N–H and O–H groups in total. The molecule has 0 radical (unpaired) electrons. The van der Waals surface area contributed by atoms with E-state index in [1.807, 2.05) is 37.3 Å². The average Bonchev–Trinajstić information content (AvgIpc) is 3.38. The van der Waals surface area contributed by atoms with E-state index in [1.165, 1.54) is 28.6 Å². The molecule has 202 valence electrons. The minimum absolute atomic E-state index is 0.0772. The summed E-state index contributed by atoms with van der Waals surface area (Å²) in [5.74, 6) is -0.764. The molecular weight excluding hydrogens is 493 g/mol. The standard InChI is InChI=1S/C28H38FN3O4S/c1-3-26(28(34)30-24-12-7-8-13-24)31(21-19-22-10-5-4-6-11-22)27(33)14-9-20-32(37(2,35)36)25-17-15-23(29)16-18-25/h4-6,10-11,15-18,24,26H,3,7-9,12-14,19-21H2,1-2H3,(H,30,34)/t26-/m1/s1. The van der Waals surface area contributed by atoms with Crippen LogP contribution in [0.1, 0.15) is 57.4 Å². The van der Waals surface area contributed by atoms with E-state index in [1.54, 1.807) is 4.90 Å². The minimum Gasteiger partial charge on any atom is -0.352 e. The van der Waals surface area contributed by atoms with E-state index in [9.17, 15) is 22.4 Å². The summed E-state index contributed by atoms with van der Waals surface area (Å²) in [5.41, 5.74) is 1.42. The molecule has 0 saturated heterocycles. The fourth-order valence-corrected chi connectivity index (χ4v) is 5.84. The molecule has 7 nitrogen and oxygen atoms in total. The predicted molar refractivity (Wildman–Crippen MR) is 144 cm³/mol. The number of nitrogens with one attached hydrogen (secondary N) is 1. The van der Waals surface area contributed by atoms with Gasteiger partial charge in [0, 0.05) is 25.6 Å². The van der Waals surface area contributed by atoms with Crippen molar-refractivity contribution in [2.75, 3.05) is 23.7 Å². The summed E-state index contributed by atoms with van der Waals surface area (Å²) in [6, 6.07) is 14.6. The number of benzene rings is 2. The van der Waals surface area contributed by atoms with Crippen LogP contribution in [0, 0.1) is 5.82 Å². The summed E-state index contributed by atoms with van der Waals surface area (Å²) in [6.07, 6.45) is 6.68. The fraction of sp³-hybridized carbons (Fsp3) is 0.500. The lowest BCUT2D eigenvalue weighted by Crippen LogP contribution is -2.52. The maximum Gasteiger partial charge on any atom is 0.243 e. The summed E-state index contributed by atoms with van der Waals surface area (Å²) < 4.78 is 39.3. The van der Waals surface area contributed by atoms with Crippen LogP contribution >= 0.6 is 0 Å². The molecule has 0 aromatic heterocycles. The predicted octanol–water partition coefficient (Wildman–Crippen LogP) is 4.28. The first-order valence-electron chi connectivity index (χ1n) is 13.1. The lowest BCUT2D eigenvalue weighted by molar-refractivity contribution is -0.141. The lowest BCUT2D eigenvalue weighted by atomic mass is 10.1. The Morgan fingerprint density at radius 2 is 1.68 bits per heavy atom. The third-order valence-electron chi connectivity index (χ3n) is 6.84. The molecule has 0 bridgehead atoms. The van der Waals surface area contributed by atoms with Crippen molar-refractivity contribution in [3.63, 3.8) is 0 Å². The van der Waals surface area contributed by atoms with E-state index in [2.05, 4.69) is 5.32 Å². The van der Waals surface area contributed by atoms with Gasteiger partial charge in [0.2, 0.25) is 21.8 Å². The third-order valence-corrected chi connectivity index (χ3v) is 8.03. The average molecular weight is 532 g/mol. The number of anilines is 1. The second kappa shape index (κ2) is 13.6. The van der Waals surface area contributed by atoms with Crippen LogP contribution in [0.2, 0.25) is 0 Å². The van der Waals surface area contributed by atoms with Crippen LogP contribution in [0.3, 0.4) is 0 Å². The number of carbonyl (C=O) groups is 2. The van der Waals surface area contributed by atoms with Crippen molar-refractivity contribution in [1.29, 1.82) is 0 Å². The van der Waals surface area contributed by atoms with E-state index < -0.39 is 21.9 Å². The molecule has 1 aliphatic rings. The van der Waals surface area contributed by atoms with Gasteiger partial charge in [-0.2, -0.15) is 0 Å². The molecule has 1 aliphatic carbocycles. The second-order valence-corrected chi connectivity index (χ2v) is 11.6. The summed E-state index contributed by atoms with van der Waals surface area (Å²) in [5, 5.41) is 3.13. The number of hydrogen-bond acceptors (Lipinski definition) is 4. The molecule has 0 unspecified atom stereocenters. The van der Waals surface area contributed by atoms with Gasteiger partial charge < -0.3 is 10.2 Å². The van der Waals surface area contributed by atoms with Crippen molar-refractivity contribution < 1.29 is 22.4 Å². The topological polar surface area (TPSA) is 86.8 Å². The highest BCUT2D eigenvalue weighted by Crippen LogP contribution is 2.21. The molecule has 2 aromatic carbocycles. The van der Waals surface area contributed by atoms with E-state index in [4.69, 9.17) is 0 Å². The SMILES string of the molecule is CC[C@H](C(=O)NC1CCCC1)N(CCc1ccccc1)C(=O)CCCN(c1ccc(F)cc1)S(C)(=O)=O. The van der Waals surface area contributed by atoms with Crippen molar-refractivity contribution in [2.45, 2.75) is 70.4 Å². The Morgan fingerprint density at radius 1 is 1.03 bits per heavy atom. The summed E-state index contributed by atoms with van der Waals surface area (Å²) >= 11 is 0. The highest BCUT2D eigenvalue weighted by Gasteiger charge is 2.30. The molecular formula is C28H38FN3O4S. The fourth-order valence-electron chi connectivity index (χ4n) is 4.87. The second-order valence-electron chi connectivity index (χ2n) is 9.65. The van der Waals surface area contributed by atoms with Crippen molar-refractivity contribution in [3.05, 3.63) is 66.0 Å². The largest absolute Gasteiger partial charge is 0.352 e. The van der Waals surface area contributed by atoms with Crippen LogP contribution in [0.25, 0.3) is 0 Å². The first-order valence-corrected chi connectivity index (χ1v) is 14.9. The number of halogens is 1. The van der Waals surface area contributed by atoms with Gasteiger partial charge in [-0.1, -0.05) is 50.1 Å². The van der Waals surface area contributed by atoms with Crippen LogP contribution in [-0.2, 0) is 26.0 Å². The van der Waals surface area contributed by atoms with E-state index in [0.717, 1.165) is 37.5 Å². The molecule has 3 rings (SSSR count). The first-order chi connectivity index (χ1) is 17.7. The summed E-state index contributed by atoms with van der Waals surface area (Å²) in [7, 11) is -3.62. The zero-order valence-electron chi connectivity index (χ0n) is 21.7. The maximum absolute atomic E-state index is 13.4. The number of nitrogens with zero attached hydrogens (tertiary/aromatic N) is 2. The number of sulfonamides is 1. The molecule has 2 aromatic rings. The highest BCUT2D eigenvalue weighted by atomic mass is 32.2. The molecule has 1 atom stereocenters. The Bertz CT molecular complexity index is 1120. The molecule has 9 heteroatoms. The Kier molecular flexibility index (Phi) is 10.5. The molecule has 37 heavy (non-hydrogen) atoms. The molecule has 0 spiro atoms. The normalized spacial score (nSPS) is 14.8. The summed E-state index contributed by atoms with van der Waals surface area (Å²) in [6.45, 7) is 2.38. The lowest BCUT2D eigenvalue weighted by Gasteiger charge is -2.32. The van der Waals surface area contributed by atoms with Gasteiger partial charge in [0.15, 0.2) is 0 Å². The zero-order valence-corrected chi connectivity index (χ0v) is 22.6. The van der Waals surface area contributed by atoms with Gasteiger partial charge in [0.05, 0.1) is 11.9 Å². The number of rotatable bonds is 13. The van der Waals surface area contributed by atoms with Crippen LogP contribution in [0.5, 0.6) is 0 Å². The number of carbonyl (C=O) groups excluding carboxylic acids is 2. The Balaban J connectivity index is 1.70. The molecule has 0 aliphatic heterocycles. The van der Waals surface area contributed by atoms with Gasteiger partial charge in [0.1, 0.15) is 11.9 Å². The molecule has 2 amide bonds. The molecule has 1 saturated carbocycles. The Morgan fingerprint density at radius 3 is 2.27 bits per heavy atom. The van der Waals surface area contributed by atoms with Gasteiger partial charge in [0.25, 0.3) is 0 Å². The zero-order chi connectivity index (χ0) is 26.8. The van der Waals surface area contributed by atoms with Crippen molar-refractivity contribution in [2.24, 2.45) is 0 Å². The van der Waals surface area contributed by atoms with E-state index in [-0.39, 0.29) is 37.2 Å². The maximum atomic E-state index is 13.4. The van der Waals surface area contributed by atoms with Crippen molar-refractivity contribution in [3.8, 4) is 0 Å². The number of hydrogen-bond donors (Lipinski definition) is 1. The van der Waals surface area contributed by atoms with Gasteiger partial charge in [-0.15, -0.1) is 0 Å². The summed E-state index contributed by atoms with van der Waals surface area (Å²) in [4.78, 5) is 28.3. The van der Waals surface area contributed by atoms with E-state index in [0.29, 0.717) is 25.1 Å². The third kappa shape index (κ3) is 8.55. The van der Waals surface area contributed by atoms with Crippen LogP contribution in [0.15, 0.2) is 54.6 Å². The van der Waals surface area contributed by atoms with Crippen molar-refractivity contribution >= 4 is 27.5 Å². The minimum atomic E-state index is -3.62. The van der Waals surface area contributed by atoms with Crippen LogP contribution in [0.4, 0.5) is 10.1 Å². The van der Waals surface area contributed by atoms with Crippen LogP contribution in [-0.4, -0.2) is 56.6 Å². The quantitative estimate of drug-likeness (QED) is 0.418. The van der Waals surface area contributed by atoms with Crippen molar-refractivity contribution in [1.82, 2.24) is 10.2 Å². The number of amides is 2. The smallest absolute Gasteiger partial charge is 0.243 e.